The van der Waals surface area contributed by atoms with Crippen LogP contribution in [0.4, 0.5) is 0 Å². The summed E-state index contributed by atoms with van der Waals surface area (Å²) in [5.74, 6) is 0.244. The molecule has 3 heterocycles. The van der Waals surface area contributed by atoms with E-state index in [0.29, 0.717) is 24.5 Å². The second kappa shape index (κ2) is 6.74. The quantitative estimate of drug-likeness (QED) is 0.807. The second-order valence-corrected chi connectivity index (χ2v) is 5.53. The lowest BCUT2D eigenvalue weighted by Crippen LogP contribution is -2.49. The van der Waals surface area contributed by atoms with E-state index in [4.69, 9.17) is 4.74 Å². The molecule has 7 heteroatoms. The highest BCUT2D eigenvalue weighted by atomic mass is 16.5. The molecule has 3 rings (SSSR count). The second-order valence-electron chi connectivity index (χ2n) is 5.53. The normalized spacial score (nSPS) is 19.6. The van der Waals surface area contributed by atoms with Crippen molar-refractivity contribution in [2.75, 3.05) is 32.7 Å². The van der Waals surface area contributed by atoms with E-state index in [1.807, 2.05) is 0 Å². The Kier molecular flexibility index (Phi) is 4.53. The predicted molar refractivity (Wildman–Crippen MR) is 79.7 cm³/mol. The maximum Gasteiger partial charge on any atom is 0.255 e. The van der Waals surface area contributed by atoms with Crippen LogP contribution in [0.1, 0.15) is 23.2 Å². The van der Waals surface area contributed by atoms with Crippen molar-refractivity contribution in [2.24, 2.45) is 0 Å². The Labute approximate surface area is 129 Å². The number of hydrogen-bond acceptors (Lipinski definition) is 5. The van der Waals surface area contributed by atoms with Crippen molar-refractivity contribution in [1.82, 2.24) is 20.5 Å². The van der Waals surface area contributed by atoms with Crippen LogP contribution in [0.2, 0.25) is 0 Å². The van der Waals surface area contributed by atoms with E-state index in [1.165, 1.54) is 11.1 Å². The van der Waals surface area contributed by atoms with Crippen LogP contribution in [0.25, 0.3) is 0 Å². The van der Waals surface area contributed by atoms with Gasteiger partial charge in [-0.1, -0.05) is 0 Å². The highest BCUT2D eigenvalue weighted by Crippen LogP contribution is 2.15. The fourth-order valence-electron chi connectivity index (χ4n) is 2.66. The highest BCUT2D eigenvalue weighted by molar-refractivity contribution is 5.96. The van der Waals surface area contributed by atoms with Crippen molar-refractivity contribution < 1.29 is 14.3 Å². The smallest absolute Gasteiger partial charge is 0.255 e. The molecule has 0 aromatic carbocycles. The molecular weight excluding hydrogens is 284 g/mol. The number of piperazine rings is 1. The van der Waals surface area contributed by atoms with Crippen LogP contribution < -0.4 is 15.4 Å². The average Bonchev–Trinajstić information content (AvgIpc) is 2.56. The number of hydrogen-bond donors (Lipinski definition) is 2. The zero-order valence-corrected chi connectivity index (χ0v) is 12.4. The molecule has 2 saturated heterocycles. The topological polar surface area (TPSA) is 83.6 Å². The number of carbonyl (C=O) groups excluding carboxylic acids is 2. The highest BCUT2D eigenvalue weighted by Gasteiger charge is 2.22. The van der Waals surface area contributed by atoms with Gasteiger partial charge < -0.3 is 20.3 Å². The van der Waals surface area contributed by atoms with Crippen LogP contribution in [-0.2, 0) is 4.79 Å². The summed E-state index contributed by atoms with van der Waals surface area (Å²) >= 11 is 0. The average molecular weight is 304 g/mol. The molecule has 0 aliphatic carbocycles. The monoisotopic (exact) mass is 304 g/mol. The number of pyridine rings is 1. The van der Waals surface area contributed by atoms with Crippen LogP contribution in [0.15, 0.2) is 18.3 Å². The molecule has 22 heavy (non-hydrogen) atoms. The van der Waals surface area contributed by atoms with Gasteiger partial charge in [0.2, 0.25) is 11.8 Å². The summed E-state index contributed by atoms with van der Waals surface area (Å²) in [4.78, 5) is 29.4. The van der Waals surface area contributed by atoms with Crippen LogP contribution >= 0.6 is 0 Å². The van der Waals surface area contributed by atoms with Gasteiger partial charge in [-0.15, -0.1) is 0 Å². The van der Waals surface area contributed by atoms with Gasteiger partial charge >= 0.3 is 0 Å². The number of nitrogens with one attached hydrogen (secondary N) is 2. The molecule has 2 amide bonds. The molecule has 0 unspecified atom stereocenters. The molecule has 0 bridgehead atoms. The summed E-state index contributed by atoms with van der Waals surface area (Å²) in [5.41, 5.74) is 0.479. The molecule has 0 radical (unpaired) electrons. The van der Waals surface area contributed by atoms with E-state index in [0.717, 1.165) is 25.9 Å². The summed E-state index contributed by atoms with van der Waals surface area (Å²) in [6, 6.07) is 3.43. The third-order valence-corrected chi connectivity index (χ3v) is 3.88. The van der Waals surface area contributed by atoms with Crippen molar-refractivity contribution in [3.8, 4) is 5.88 Å². The largest absolute Gasteiger partial charge is 0.474 e. The zero-order chi connectivity index (χ0) is 15.4. The summed E-state index contributed by atoms with van der Waals surface area (Å²) < 4.78 is 5.81. The van der Waals surface area contributed by atoms with E-state index in [1.54, 1.807) is 12.1 Å². The Bertz CT molecular complexity index is 540. The Morgan fingerprint density at radius 2 is 2.09 bits per heavy atom. The number of rotatable bonds is 3. The molecule has 0 saturated carbocycles. The fourth-order valence-corrected chi connectivity index (χ4v) is 2.66. The number of ether oxygens (including phenoxy) is 1. The lowest BCUT2D eigenvalue weighted by molar-refractivity contribution is -0.123. The lowest BCUT2D eigenvalue weighted by Gasteiger charge is -2.26. The van der Waals surface area contributed by atoms with Crippen molar-refractivity contribution in [3.05, 3.63) is 23.9 Å². The molecule has 0 spiro atoms. The van der Waals surface area contributed by atoms with Gasteiger partial charge in [-0.05, 0) is 32.0 Å². The van der Waals surface area contributed by atoms with Crippen molar-refractivity contribution >= 4 is 11.8 Å². The van der Waals surface area contributed by atoms with Crippen molar-refractivity contribution in [2.45, 2.75) is 18.9 Å². The molecule has 2 N–H and O–H groups in total. The Morgan fingerprint density at radius 1 is 1.27 bits per heavy atom. The molecule has 1 aromatic heterocycles. The van der Waals surface area contributed by atoms with Crippen LogP contribution in [0.3, 0.4) is 0 Å². The molecule has 7 nitrogen and oxygen atoms in total. The molecular formula is C15H20N4O3. The lowest BCUT2D eigenvalue weighted by atomic mass is 10.1. The maximum absolute atomic E-state index is 12.3. The van der Waals surface area contributed by atoms with Gasteiger partial charge in [0.25, 0.3) is 5.91 Å². The summed E-state index contributed by atoms with van der Waals surface area (Å²) in [6.07, 6.45) is 3.63. The van der Waals surface area contributed by atoms with Crippen LogP contribution in [0.5, 0.6) is 5.88 Å². The summed E-state index contributed by atoms with van der Waals surface area (Å²) in [5, 5.41) is 5.98. The fraction of sp³-hybridized carbons (Fsp3) is 0.533. The van der Waals surface area contributed by atoms with Gasteiger partial charge in [0.15, 0.2) is 0 Å². The molecule has 0 atom stereocenters. The number of aromatic nitrogens is 1. The Balaban J connectivity index is 1.60. The molecule has 2 aliphatic heterocycles. The van der Waals surface area contributed by atoms with Gasteiger partial charge in [0, 0.05) is 25.4 Å². The van der Waals surface area contributed by atoms with Gasteiger partial charge in [-0.25, -0.2) is 4.98 Å². The van der Waals surface area contributed by atoms with E-state index in [-0.39, 0.29) is 24.5 Å². The minimum Gasteiger partial charge on any atom is -0.474 e. The third-order valence-electron chi connectivity index (χ3n) is 3.88. The van der Waals surface area contributed by atoms with E-state index in [9.17, 15) is 9.59 Å². The van der Waals surface area contributed by atoms with E-state index >= 15 is 0 Å². The van der Waals surface area contributed by atoms with E-state index < -0.39 is 0 Å². The summed E-state index contributed by atoms with van der Waals surface area (Å²) in [6.45, 7) is 3.04. The number of nitrogens with zero attached hydrogens (tertiary/aromatic N) is 2. The number of amides is 2. The molecule has 1 aromatic rings. The first-order valence-electron chi connectivity index (χ1n) is 7.62. The third kappa shape index (κ3) is 3.54. The number of carbonyl (C=O) groups is 2. The minimum absolute atomic E-state index is 0.103. The van der Waals surface area contributed by atoms with Crippen LogP contribution in [-0.4, -0.2) is 60.5 Å². The number of piperidine rings is 1. The summed E-state index contributed by atoms with van der Waals surface area (Å²) in [7, 11) is 0. The van der Waals surface area contributed by atoms with Crippen molar-refractivity contribution in [1.29, 1.82) is 0 Å². The Morgan fingerprint density at radius 3 is 2.77 bits per heavy atom. The van der Waals surface area contributed by atoms with E-state index in [2.05, 4.69) is 15.6 Å². The standard InChI is InChI=1S/C15H20N4O3/c20-13-10-19(8-7-17-13)15(21)11-1-2-14(18-9-11)22-12-3-5-16-6-4-12/h1-2,9,12,16H,3-8,10H2,(H,17,20). The van der Waals surface area contributed by atoms with Gasteiger partial charge in [0.1, 0.15) is 6.10 Å². The predicted octanol–water partition coefficient (Wildman–Crippen LogP) is -0.216. The molecule has 2 aliphatic rings. The van der Waals surface area contributed by atoms with Gasteiger partial charge in [-0.2, -0.15) is 0 Å². The van der Waals surface area contributed by atoms with Gasteiger partial charge in [0.05, 0.1) is 12.1 Å². The zero-order valence-electron chi connectivity index (χ0n) is 12.4. The molecule has 2 fully saturated rings. The SMILES string of the molecule is O=C1CN(C(=O)c2ccc(OC3CCNCC3)nc2)CCN1. The first kappa shape index (κ1) is 14.8. The first-order valence-corrected chi connectivity index (χ1v) is 7.62. The maximum atomic E-state index is 12.3. The Hall–Kier alpha value is -2.15. The molecule has 118 valence electrons. The van der Waals surface area contributed by atoms with Crippen LogP contribution in [0, 0.1) is 0 Å². The first-order chi connectivity index (χ1) is 10.7. The van der Waals surface area contributed by atoms with Gasteiger partial charge in [-0.3, -0.25) is 9.59 Å². The minimum atomic E-state index is -0.171. The van der Waals surface area contributed by atoms with Crippen molar-refractivity contribution in [3.63, 3.8) is 0 Å².